The number of aliphatic hydroxyl groups excluding tert-OH is 1. The predicted octanol–water partition coefficient (Wildman–Crippen LogP) is 2.43. The van der Waals surface area contributed by atoms with Gasteiger partial charge < -0.3 is 15.2 Å². The van der Waals surface area contributed by atoms with Crippen LogP contribution in [0.4, 0.5) is 0 Å². The van der Waals surface area contributed by atoms with E-state index in [1.54, 1.807) is 0 Å². The molecule has 1 aromatic carbocycles. The molecule has 0 spiro atoms. The zero-order valence-electron chi connectivity index (χ0n) is 12.6. The van der Waals surface area contributed by atoms with Crippen molar-refractivity contribution in [1.29, 1.82) is 0 Å². The lowest BCUT2D eigenvalue weighted by molar-refractivity contribution is -0.114. The lowest BCUT2D eigenvalue weighted by atomic mass is 9.57. The number of aryl methyl sites for hydroxylation is 1. The average Bonchev–Trinajstić information content (AvgIpc) is 2.86. The van der Waals surface area contributed by atoms with E-state index in [0.717, 1.165) is 18.6 Å². The van der Waals surface area contributed by atoms with Gasteiger partial charge in [0.25, 0.3) is 0 Å². The highest BCUT2D eigenvalue weighted by atomic mass is 16.5. The molecule has 3 nitrogen and oxygen atoms in total. The summed E-state index contributed by atoms with van der Waals surface area (Å²) in [4.78, 5) is 0. The highest BCUT2D eigenvalue weighted by molar-refractivity contribution is 5.23. The molecule has 4 atom stereocenters. The molecule has 3 rings (SSSR count). The number of nitrogens with one attached hydrogen (secondary N) is 1. The number of aliphatic hydroxyl groups is 1. The van der Waals surface area contributed by atoms with Crippen molar-refractivity contribution in [2.75, 3.05) is 13.2 Å². The molecule has 1 saturated heterocycles. The minimum atomic E-state index is -0.437. The van der Waals surface area contributed by atoms with E-state index in [9.17, 15) is 5.11 Å². The Labute approximate surface area is 121 Å². The van der Waals surface area contributed by atoms with Gasteiger partial charge in [-0.3, -0.25) is 0 Å². The van der Waals surface area contributed by atoms with E-state index in [1.807, 2.05) is 24.3 Å². The standard InChI is InChI=1S/C17H25NO2/c1-11-4-6-12(7-5-11)14(19)10-18-15-13-8-9-20-16(13)17(15,2)3/h4-7,13-16,18-19H,8-10H2,1-3H3/t13-,14-,15-,16-/m1/s1. The van der Waals surface area contributed by atoms with Crippen LogP contribution in [0.15, 0.2) is 24.3 Å². The smallest absolute Gasteiger partial charge is 0.0914 e. The summed E-state index contributed by atoms with van der Waals surface area (Å²) >= 11 is 0. The molecule has 0 radical (unpaired) electrons. The number of hydrogen-bond donors (Lipinski definition) is 2. The second-order valence-corrected chi connectivity index (χ2v) is 6.88. The number of hydrogen-bond acceptors (Lipinski definition) is 3. The molecule has 0 aromatic heterocycles. The summed E-state index contributed by atoms with van der Waals surface area (Å²) < 4.78 is 5.80. The van der Waals surface area contributed by atoms with Crippen molar-refractivity contribution in [3.05, 3.63) is 35.4 Å². The van der Waals surface area contributed by atoms with E-state index < -0.39 is 6.10 Å². The number of benzene rings is 1. The molecule has 0 amide bonds. The van der Waals surface area contributed by atoms with E-state index in [-0.39, 0.29) is 5.41 Å². The van der Waals surface area contributed by atoms with Gasteiger partial charge in [-0.1, -0.05) is 43.7 Å². The Kier molecular flexibility index (Phi) is 3.61. The van der Waals surface area contributed by atoms with Crippen LogP contribution in [-0.2, 0) is 4.74 Å². The lowest BCUT2D eigenvalue weighted by Crippen LogP contribution is -2.66. The summed E-state index contributed by atoms with van der Waals surface area (Å²) in [6.07, 6.45) is 1.11. The Balaban J connectivity index is 1.58. The van der Waals surface area contributed by atoms with E-state index in [2.05, 4.69) is 26.1 Å². The second kappa shape index (κ2) is 5.14. The highest BCUT2D eigenvalue weighted by Gasteiger charge is 2.58. The SMILES string of the molecule is Cc1ccc([C@H](O)CN[C@@H]2[C@H]3CCO[C@H]3C2(C)C)cc1. The minimum absolute atomic E-state index is 0.175. The molecule has 1 aliphatic heterocycles. The first kappa shape index (κ1) is 14.1. The summed E-state index contributed by atoms with van der Waals surface area (Å²) in [6.45, 7) is 8.08. The largest absolute Gasteiger partial charge is 0.387 e. The van der Waals surface area contributed by atoms with Crippen LogP contribution in [0.1, 0.15) is 37.5 Å². The Morgan fingerprint density at radius 2 is 2.05 bits per heavy atom. The van der Waals surface area contributed by atoms with E-state index in [4.69, 9.17) is 4.74 Å². The van der Waals surface area contributed by atoms with Crippen LogP contribution in [0, 0.1) is 18.3 Å². The van der Waals surface area contributed by atoms with Gasteiger partial charge in [-0.2, -0.15) is 0 Å². The molecular formula is C17H25NO2. The maximum atomic E-state index is 10.3. The third-order valence-corrected chi connectivity index (χ3v) is 5.09. The van der Waals surface area contributed by atoms with Crippen LogP contribution in [0.25, 0.3) is 0 Å². The summed E-state index contributed by atoms with van der Waals surface area (Å²) in [6, 6.07) is 8.57. The van der Waals surface area contributed by atoms with Gasteiger partial charge >= 0.3 is 0 Å². The van der Waals surface area contributed by atoms with Crippen LogP contribution >= 0.6 is 0 Å². The van der Waals surface area contributed by atoms with Crippen LogP contribution in [-0.4, -0.2) is 30.4 Å². The molecule has 2 aliphatic rings. The van der Waals surface area contributed by atoms with Crippen LogP contribution in [0.3, 0.4) is 0 Å². The molecule has 0 unspecified atom stereocenters. The monoisotopic (exact) mass is 275 g/mol. The molecule has 0 bridgehead atoms. The van der Waals surface area contributed by atoms with E-state index in [1.165, 1.54) is 5.56 Å². The van der Waals surface area contributed by atoms with Gasteiger partial charge in [0.05, 0.1) is 12.2 Å². The minimum Gasteiger partial charge on any atom is -0.387 e. The third kappa shape index (κ3) is 2.28. The fraction of sp³-hybridized carbons (Fsp3) is 0.647. The first-order valence-electron chi connectivity index (χ1n) is 7.60. The summed E-state index contributed by atoms with van der Waals surface area (Å²) in [5.74, 6) is 0.621. The topological polar surface area (TPSA) is 41.5 Å². The van der Waals surface area contributed by atoms with Crippen molar-refractivity contribution in [3.63, 3.8) is 0 Å². The predicted molar refractivity (Wildman–Crippen MR) is 79.6 cm³/mol. The molecule has 1 aliphatic carbocycles. The maximum Gasteiger partial charge on any atom is 0.0914 e. The van der Waals surface area contributed by atoms with Crippen molar-refractivity contribution in [1.82, 2.24) is 5.32 Å². The van der Waals surface area contributed by atoms with Crippen LogP contribution < -0.4 is 5.32 Å². The van der Waals surface area contributed by atoms with Crippen molar-refractivity contribution < 1.29 is 9.84 Å². The second-order valence-electron chi connectivity index (χ2n) is 6.88. The molecular weight excluding hydrogens is 250 g/mol. The van der Waals surface area contributed by atoms with Gasteiger partial charge in [0.1, 0.15) is 0 Å². The molecule has 1 heterocycles. The molecule has 110 valence electrons. The van der Waals surface area contributed by atoms with Gasteiger partial charge in [0.2, 0.25) is 0 Å². The van der Waals surface area contributed by atoms with Gasteiger partial charge in [-0.15, -0.1) is 0 Å². The first-order chi connectivity index (χ1) is 9.50. The third-order valence-electron chi connectivity index (χ3n) is 5.09. The van der Waals surface area contributed by atoms with Gasteiger partial charge in [-0.25, -0.2) is 0 Å². The Hall–Kier alpha value is -0.900. The van der Waals surface area contributed by atoms with Gasteiger partial charge in [0, 0.05) is 30.5 Å². The molecule has 1 aromatic rings. The summed E-state index contributed by atoms with van der Waals surface area (Å²) in [5.41, 5.74) is 2.38. The molecule has 2 N–H and O–H groups in total. The fourth-order valence-electron chi connectivity index (χ4n) is 3.88. The molecule has 1 saturated carbocycles. The quantitative estimate of drug-likeness (QED) is 0.887. The van der Waals surface area contributed by atoms with Crippen molar-refractivity contribution in [2.45, 2.75) is 45.4 Å². The van der Waals surface area contributed by atoms with Gasteiger partial charge in [-0.05, 0) is 18.9 Å². The van der Waals surface area contributed by atoms with Crippen molar-refractivity contribution >= 4 is 0 Å². The zero-order valence-corrected chi connectivity index (χ0v) is 12.6. The first-order valence-corrected chi connectivity index (χ1v) is 7.60. The number of rotatable bonds is 4. The number of ether oxygens (including phenoxy) is 1. The van der Waals surface area contributed by atoms with Crippen molar-refractivity contribution in [3.8, 4) is 0 Å². The van der Waals surface area contributed by atoms with Crippen molar-refractivity contribution in [2.24, 2.45) is 11.3 Å². The Morgan fingerprint density at radius 1 is 1.35 bits per heavy atom. The van der Waals surface area contributed by atoms with E-state index >= 15 is 0 Å². The molecule has 3 heteroatoms. The Morgan fingerprint density at radius 3 is 2.75 bits per heavy atom. The normalized spacial score (nSPS) is 32.5. The average molecular weight is 275 g/mol. The zero-order chi connectivity index (χ0) is 14.3. The Bertz CT molecular complexity index is 468. The molecule has 20 heavy (non-hydrogen) atoms. The maximum absolute atomic E-state index is 10.3. The summed E-state index contributed by atoms with van der Waals surface area (Å²) in [5, 5.41) is 13.9. The van der Waals surface area contributed by atoms with Crippen LogP contribution in [0.2, 0.25) is 0 Å². The lowest BCUT2D eigenvalue weighted by Gasteiger charge is -2.55. The highest BCUT2D eigenvalue weighted by Crippen LogP contribution is 2.52. The molecule has 2 fully saturated rings. The fourth-order valence-corrected chi connectivity index (χ4v) is 3.88. The van der Waals surface area contributed by atoms with Crippen LogP contribution in [0.5, 0.6) is 0 Å². The van der Waals surface area contributed by atoms with Gasteiger partial charge in [0.15, 0.2) is 0 Å². The number of fused-ring (bicyclic) bond motifs is 1. The van der Waals surface area contributed by atoms with E-state index in [0.29, 0.717) is 24.6 Å². The summed E-state index contributed by atoms with van der Waals surface area (Å²) in [7, 11) is 0.